The van der Waals surface area contributed by atoms with Crippen LogP contribution in [0.2, 0.25) is 0 Å². The molecule has 0 atom stereocenters. The van der Waals surface area contributed by atoms with Crippen molar-refractivity contribution < 1.29 is 13.2 Å². The number of nitrogens with two attached hydrogens (primary N) is 2. The van der Waals surface area contributed by atoms with Crippen LogP contribution < -0.4 is 16.2 Å². The standard InChI is InChI=1S/C8H15N5O3S/c1-16-5-8-12-6(9)4-7(13-8)11-2-3-17(10,14)15/h4H,2-3,5H2,1H3,(H2,10,14,15)(H3,9,11,12,13). The lowest BCUT2D eigenvalue weighted by Gasteiger charge is -2.07. The van der Waals surface area contributed by atoms with Gasteiger partial charge in [0.1, 0.15) is 18.2 Å². The first-order chi connectivity index (χ1) is 7.90. The van der Waals surface area contributed by atoms with Crippen LogP contribution in [0, 0.1) is 0 Å². The molecule has 8 nitrogen and oxygen atoms in total. The molecule has 0 aliphatic heterocycles. The normalized spacial score (nSPS) is 11.4. The fourth-order valence-corrected chi connectivity index (χ4v) is 1.51. The molecule has 1 aromatic rings. The molecule has 96 valence electrons. The van der Waals surface area contributed by atoms with Crippen molar-refractivity contribution in [1.82, 2.24) is 9.97 Å². The van der Waals surface area contributed by atoms with Crippen LogP contribution in [0.5, 0.6) is 0 Å². The second-order valence-electron chi connectivity index (χ2n) is 3.32. The highest BCUT2D eigenvalue weighted by molar-refractivity contribution is 7.89. The van der Waals surface area contributed by atoms with Gasteiger partial charge in [0, 0.05) is 19.7 Å². The second kappa shape index (κ2) is 5.75. The van der Waals surface area contributed by atoms with Crippen molar-refractivity contribution in [2.24, 2.45) is 5.14 Å². The maximum Gasteiger partial charge on any atom is 0.210 e. The lowest BCUT2D eigenvalue weighted by Crippen LogP contribution is -2.22. The summed E-state index contributed by atoms with van der Waals surface area (Å²) in [6.45, 7) is 0.386. The number of hydrogen-bond acceptors (Lipinski definition) is 7. The number of sulfonamides is 1. The third kappa shape index (κ3) is 5.43. The van der Waals surface area contributed by atoms with E-state index in [1.165, 1.54) is 13.2 Å². The molecule has 0 radical (unpaired) electrons. The Morgan fingerprint density at radius 3 is 2.76 bits per heavy atom. The molecule has 0 amide bonds. The number of methoxy groups -OCH3 is 1. The lowest BCUT2D eigenvalue weighted by atomic mass is 10.5. The molecule has 1 heterocycles. The third-order valence-corrected chi connectivity index (χ3v) is 2.53. The minimum Gasteiger partial charge on any atom is -0.384 e. The number of nitrogens with zero attached hydrogens (tertiary/aromatic N) is 2. The maximum atomic E-state index is 10.7. The van der Waals surface area contributed by atoms with Gasteiger partial charge in [-0.25, -0.2) is 23.5 Å². The van der Waals surface area contributed by atoms with E-state index in [1.807, 2.05) is 0 Å². The highest BCUT2D eigenvalue weighted by atomic mass is 32.2. The highest BCUT2D eigenvalue weighted by Crippen LogP contribution is 2.08. The summed E-state index contributed by atoms with van der Waals surface area (Å²) in [5, 5.41) is 7.66. The molecule has 0 aliphatic rings. The Hall–Kier alpha value is -1.45. The quantitative estimate of drug-likeness (QED) is 0.592. The van der Waals surface area contributed by atoms with Gasteiger partial charge in [0.25, 0.3) is 0 Å². The lowest BCUT2D eigenvalue weighted by molar-refractivity contribution is 0.178. The minimum atomic E-state index is -3.49. The van der Waals surface area contributed by atoms with Crippen molar-refractivity contribution in [3.63, 3.8) is 0 Å². The van der Waals surface area contributed by atoms with Gasteiger partial charge in [-0.3, -0.25) is 0 Å². The minimum absolute atomic E-state index is 0.154. The molecule has 1 rings (SSSR count). The predicted octanol–water partition coefficient (Wildman–Crippen LogP) is -1.09. The van der Waals surface area contributed by atoms with Crippen molar-refractivity contribution in [1.29, 1.82) is 0 Å². The van der Waals surface area contributed by atoms with Crippen LogP contribution in [0.15, 0.2) is 6.07 Å². The number of aromatic nitrogens is 2. The predicted molar refractivity (Wildman–Crippen MR) is 63.6 cm³/mol. The zero-order valence-corrected chi connectivity index (χ0v) is 10.2. The smallest absolute Gasteiger partial charge is 0.210 e. The van der Waals surface area contributed by atoms with E-state index in [4.69, 9.17) is 15.6 Å². The third-order valence-electron chi connectivity index (χ3n) is 1.76. The van der Waals surface area contributed by atoms with Crippen LogP contribution >= 0.6 is 0 Å². The molecule has 1 aromatic heterocycles. The summed E-state index contributed by atoms with van der Waals surface area (Å²) >= 11 is 0. The fourth-order valence-electron chi connectivity index (χ4n) is 1.12. The average molecular weight is 261 g/mol. The Morgan fingerprint density at radius 2 is 2.18 bits per heavy atom. The zero-order chi connectivity index (χ0) is 12.9. The van der Waals surface area contributed by atoms with Crippen LogP contribution in [0.3, 0.4) is 0 Å². The molecule has 0 fully saturated rings. The molecule has 0 saturated carbocycles. The fraction of sp³-hybridized carbons (Fsp3) is 0.500. The van der Waals surface area contributed by atoms with Crippen LogP contribution in [-0.4, -0.2) is 37.8 Å². The number of nitrogens with one attached hydrogen (secondary N) is 1. The van der Waals surface area contributed by atoms with E-state index in [9.17, 15) is 8.42 Å². The summed E-state index contributed by atoms with van der Waals surface area (Å²) in [6, 6.07) is 1.50. The van der Waals surface area contributed by atoms with Crippen LogP contribution in [0.4, 0.5) is 11.6 Å². The first-order valence-corrected chi connectivity index (χ1v) is 6.49. The molecule has 5 N–H and O–H groups in total. The van der Waals surface area contributed by atoms with Crippen molar-refractivity contribution >= 4 is 21.7 Å². The maximum absolute atomic E-state index is 10.7. The Kier molecular flexibility index (Phi) is 4.61. The van der Waals surface area contributed by atoms with Gasteiger partial charge in [0.05, 0.1) is 5.75 Å². The molecule has 9 heteroatoms. The molecule has 0 spiro atoms. The molecule has 17 heavy (non-hydrogen) atoms. The number of ether oxygens (including phenoxy) is 1. The highest BCUT2D eigenvalue weighted by Gasteiger charge is 2.05. The van der Waals surface area contributed by atoms with E-state index in [0.717, 1.165) is 0 Å². The van der Waals surface area contributed by atoms with E-state index < -0.39 is 10.0 Å². The van der Waals surface area contributed by atoms with Gasteiger partial charge in [-0.2, -0.15) is 0 Å². The Bertz CT molecular complexity index is 476. The number of primary sulfonamides is 1. The number of hydrogen-bond donors (Lipinski definition) is 3. The van der Waals surface area contributed by atoms with Crippen molar-refractivity contribution in [3.8, 4) is 0 Å². The summed E-state index contributed by atoms with van der Waals surface area (Å²) in [5.41, 5.74) is 5.56. The Morgan fingerprint density at radius 1 is 1.47 bits per heavy atom. The molecule has 0 bridgehead atoms. The van der Waals surface area contributed by atoms with Gasteiger partial charge in [0.15, 0.2) is 5.82 Å². The van der Waals surface area contributed by atoms with Crippen molar-refractivity contribution in [2.75, 3.05) is 30.5 Å². The van der Waals surface area contributed by atoms with Crippen LogP contribution in [0.25, 0.3) is 0 Å². The summed E-state index contributed by atoms with van der Waals surface area (Å²) in [6.07, 6.45) is 0. The SMILES string of the molecule is COCc1nc(N)cc(NCCS(N)(=O)=O)n1. The zero-order valence-electron chi connectivity index (χ0n) is 9.38. The van der Waals surface area contributed by atoms with Gasteiger partial charge in [0.2, 0.25) is 10.0 Å². The molecule has 0 saturated heterocycles. The van der Waals surface area contributed by atoms with Gasteiger partial charge < -0.3 is 15.8 Å². The number of rotatable bonds is 6. The number of nitrogen functional groups attached to an aromatic ring is 1. The van der Waals surface area contributed by atoms with Gasteiger partial charge in [-0.15, -0.1) is 0 Å². The molecule has 0 aromatic carbocycles. The van der Waals surface area contributed by atoms with Gasteiger partial charge >= 0.3 is 0 Å². The Balaban J connectivity index is 2.64. The summed E-state index contributed by atoms with van der Waals surface area (Å²) in [5.74, 6) is 0.959. The van der Waals surface area contributed by atoms with E-state index in [-0.39, 0.29) is 24.7 Å². The topological polar surface area (TPSA) is 133 Å². The molecular formula is C8H15N5O3S. The summed E-state index contributed by atoms with van der Waals surface area (Å²) < 4.78 is 26.3. The van der Waals surface area contributed by atoms with Crippen molar-refractivity contribution in [3.05, 3.63) is 11.9 Å². The van der Waals surface area contributed by atoms with Gasteiger partial charge in [-0.05, 0) is 0 Å². The molecule has 0 unspecified atom stereocenters. The average Bonchev–Trinajstić information content (AvgIpc) is 2.15. The summed E-state index contributed by atoms with van der Waals surface area (Å²) in [4.78, 5) is 8.02. The molecular weight excluding hydrogens is 246 g/mol. The van der Waals surface area contributed by atoms with Gasteiger partial charge in [-0.1, -0.05) is 0 Å². The van der Waals surface area contributed by atoms with E-state index in [0.29, 0.717) is 11.6 Å². The first kappa shape index (κ1) is 13.6. The molecule has 0 aliphatic carbocycles. The largest absolute Gasteiger partial charge is 0.384 e. The van der Waals surface area contributed by atoms with Crippen molar-refractivity contribution in [2.45, 2.75) is 6.61 Å². The summed E-state index contributed by atoms with van der Waals surface area (Å²) in [7, 11) is -1.97. The van der Waals surface area contributed by atoms with E-state index >= 15 is 0 Å². The van der Waals surface area contributed by atoms with Crippen LogP contribution in [-0.2, 0) is 21.4 Å². The van der Waals surface area contributed by atoms with E-state index in [1.54, 1.807) is 0 Å². The monoisotopic (exact) mass is 261 g/mol. The second-order valence-corrected chi connectivity index (χ2v) is 5.06. The van der Waals surface area contributed by atoms with Crippen LogP contribution in [0.1, 0.15) is 5.82 Å². The Labute approximate surface area is 99.4 Å². The van der Waals surface area contributed by atoms with E-state index in [2.05, 4.69) is 15.3 Å². The first-order valence-electron chi connectivity index (χ1n) is 4.77. The number of anilines is 2.